The monoisotopic (exact) mass is 304 g/mol. The van der Waals surface area contributed by atoms with E-state index < -0.39 is 6.61 Å². The molecule has 0 aliphatic rings. The lowest BCUT2D eigenvalue weighted by molar-refractivity contribution is -0.0497. The van der Waals surface area contributed by atoms with Gasteiger partial charge in [-0.05, 0) is 25.1 Å². The summed E-state index contributed by atoms with van der Waals surface area (Å²) in [5.41, 5.74) is 0.717. The molecule has 1 aromatic carbocycles. The van der Waals surface area contributed by atoms with E-state index in [1.807, 2.05) is 12.3 Å². The van der Waals surface area contributed by atoms with Crippen LogP contribution >= 0.6 is 22.9 Å². The highest BCUT2D eigenvalue weighted by Gasteiger charge is 2.11. The van der Waals surface area contributed by atoms with Crippen LogP contribution in [-0.2, 0) is 0 Å². The average Bonchev–Trinajstić information content (AvgIpc) is 2.86. The van der Waals surface area contributed by atoms with E-state index in [-0.39, 0.29) is 16.8 Å². The van der Waals surface area contributed by atoms with Crippen LogP contribution in [0.3, 0.4) is 0 Å². The van der Waals surface area contributed by atoms with E-state index in [1.165, 1.54) is 17.4 Å². The second-order valence-corrected chi connectivity index (χ2v) is 5.09. The van der Waals surface area contributed by atoms with Gasteiger partial charge in [0, 0.05) is 17.3 Å². The largest absolute Gasteiger partial charge is 0.433 e. The van der Waals surface area contributed by atoms with Crippen LogP contribution in [0, 0.1) is 0 Å². The third kappa shape index (κ3) is 3.78. The van der Waals surface area contributed by atoms with Crippen molar-refractivity contribution in [1.82, 2.24) is 4.98 Å². The summed E-state index contributed by atoms with van der Waals surface area (Å²) < 4.78 is 28.5. The SMILES string of the molecule is CC(Nc1ccc(OC(F)F)c(Cl)c1)c1nccs1. The third-order valence-corrected chi connectivity index (χ3v) is 3.61. The summed E-state index contributed by atoms with van der Waals surface area (Å²) in [6.45, 7) is -0.929. The summed E-state index contributed by atoms with van der Waals surface area (Å²) in [6, 6.07) is 4.60. The lowest BCUT2D eigenvalue weighted by atomic mass is 10.2. The number of thiazole rings is 1. The Hall–Kier alpha value is -1.40. The van der Waals surface area contributed by atoms with Crippen molar-refractivity contribution in [3.8, 4) is 5.75 Å². The molecule has 0 aliphatic heterocycles. The number of alkyl halides is 2. The summed E-state index contributed by atoms with van der Waals surface area (Å²) >= 11 is 7.41. The number of nitrogens with zero attached hydrogens (tertiary/aromatic N) is 1. The number of anilines is 1. The maximum atomic E-state index is 12.1. The molecule has 1 N–H and O–H groups in total. The molecule has 0 amide bonds. The molecule has 1 atom stereocenters. The van der Waals surface area contributed by atoms with Gasteiger partial charge in [-0.25, -0.2) is 4.98 Å². The van der Waals surface area contributed by atoms with Crippen molar-refractivity contribution in [3.05, 3.63) is 39.8 Å². The van der Waals surface area contributed by atoms with Crippen molar-refractivity contribution < 1.29 is 13.5 Å². The molecule has 0 saturated carbocycles. The molecule has 102 valence electrons. The van der Waals surface area contributed by atoms with Crippen LogP contribution in [0.15, 0.2) is 29.8 Å². The van der Waals surface area contributed by atoms with Gasteiger partial charge in [-0.3, -0.25) is 0 Å². The highest BCUT2D eigenvalue weighted by atomic mass is 35.5. The van der Waals surface area contributed by atoms with Gasteiger partial charge >= 0.3 is 6.61 Å². The molecular weight excluding hydrogens is 294 g/mol. The average molecular weight is 305 g/mol. The first-order valence-corrected chi connectivity index (χ1v) is 6.72. The lowest BCUT2D eigenvalue weighted by Gasteiger charge is -2.14. The zero-order chi connectivity index (χ0) is 13.8. The Balaban J connectivity index is 2.07. The Kier molecular flexibility index (Phi) is 4.55. The summed E-state index contributed by atoms with van der Waals surface area (Å²) in [7, 11) is 0. The fraction of sp³-hybridized carbons (Fsp3) is 0.250. The van der Waals surface area contributed by atoms with Crippen LogP contribution in [0.2, 0.25) is 5.02 Å². The molecule has 7 heteroatoms. The Morgan fingerprint density at radius 2 is 2.21 bits per heavy atom. The van der Waals surface area contributed by atoms with Crippen molar-refractivity contribution in [1.29, 1.82) is 0 Å². The smallest absolute Gasteiger partial charge is 0.387 e. The predicted octanol–water partition coefficient (Wildman–Crippen LogP) is 4.57. The van der Waals surface area contributed by atoms with E-state index in [1.54, 1.807) is 18.3 Å². The van der Waals surface area contributed by atoms with Gasteiger partial charge in [-0.1, -0.05) is 11.6 Å². The number of halogens is 3. The van der Waals surface area contributed by atoms with Gasteiger partial charge in [-0.2, -0.15) is 8.78 Å². The summed E-state index contributed by atoms with van der Waals surface area (Å²) in [5, 5.41) is 6.15. The molecule has 2 aromatic rings. The number of nitrogens with one attached hydrogen (secondary N) is 1. The molecule has 0 bridgehead atoms. The van der Waals surface area contributed by atoms with Crippen LogP contribution in [0.4, 0.5) is 14.5 Å². The number of aromatic nitrogens is 1. The molecule has 19 heavy (non-hydrogen) atoms. The van der Waals surface area contributed by atoms with E-state index in [0.29, 0.717) is 5.69 Å². The van der Waals surface area contributed by atoms with E-state index in [4.69, 9.17) is 11.6 Å². The van der Waals surface area contributed by atoms with Gasteiger partial charge in [-0.15, -0.1) is 11.3 Å². The van der Waals surface area contributed by atoms with Crippen molar-refractivity contribution in [2.24, 2.45) is 0 Å². The van der Waals surface area contributed by atoms with Crippen LogP contribution in [0.5, 0.6) is 5.75 Å². The van der Waals surface area contributed by atoms with Crippen LogP contribution < -0.4 is 10.1 Å². The second kappa shape index (κ2) is 6.16. The van der Waals surface area contributed by atoms with Crippen molar-refractivity contribution in [3.63, 3.8) is 0 Å². The fourth-order valence-electron chi connectivity index (χ4n) is 1.54. The van der Waals surface area contributed by atoms with E-state index in [0.717, 1.165) is 5.01 Å². The molecule has 0 saturated heterocycles. The highest BCUT2D eigenvalue weighted by Crippen LogP contribution is 2.30. The molecular formula is C12H11ClF2N2OS. The first-order chi connectivity index (χ1) is 9.06. The maximum Gasteiger partial charge on any atom is 0.387 e. The Morgan fingerprint density at radius 1 is 1.42 bits per heavy atom. The van der Waals surface area contributed by atoms with Crippen molar-refractivity contribution >= 4 is 28.6 Å². The Morgan fingerprint density at radius 3 is 2.79 bits per heavy atom. The number of benzene rings is 1. The summed E-state index contributed by atoms with van der Waals surface area (Å²) in [5.74, 6) is -0.0379. The zero-order valence-electron chi connectivity index (χ0n) is 9.94. The molecule has 0 spiro atoms. The van der Waals surface area contributed by atoms with Crippen LogP contribution in [0.25, 0.3) is 0 Å². The van der Waals surface area contributed by atoms with E-state index in [9.17, 15) is 8.78 Å². The first-order valence-electron chi connectivity index (χ1n) is 5.46. The third-order valence-electron chi connectivity index (χ3n) is 2.35. The Bertz CT molecular complexity index is 537. The van der Waals surface area contributed by atoms with Gasteiger partial charge in [0.25, 0.3) is 0 Å². The highest BCUT2D eigenvalue weighted by molar-refractivity contribution is 7.09. The van der Waals surface area contributed by atoms with Gasteiger partial charge in [0.15, 0.2) is 0 Å². The quantitative estimate of drug-likeness (QED) is 0.878. The minimum absolute atomic E-state index is 0.0120. The summed E-state index contributed by atoms with van der Waals surface area (Å²) in [4.78, 5) is 4.19. The van der Waals surface area contributed by atoms with Gasteiger partial charge in [0.1, 0.15) is 10.8 Å². The fourth-order valence-corrected chi connectivity index (χ4v) is 2.41. The van der Waals surface area contributed by atoms with Crippen LogP contribution in [-0.4, -0.2) is 11.6 Å². The van der Waals surface area contributed by atoms with Crippen molar-refractivity contribution in [2.75, 3.05) is 5.32 Å². The standard InChI is InChI=1S/C12H11ClF2N2OS/c1-7(11-16-4-5-19-11)17-8-2-3-10(9(13)6-8)18-12(14)15/h2-7,12,17H,1H3. The molecule has 0 fully saturated rings. The molecule has 2 rings (SSSR count). The molecule has 3 nitrogen and oxygen atoms in total. The van der Waals surface area contributed by atoms with Gasteiger partial charge in [0.2, 0.25) is 0 Å². The van der Waals surface area contributed by atoms with E-state index >= 15 is 0 Å². The number of hydrogen-bond donors (Lipinski definition) is 1. The number of rotatable bonds is 5. The molecule has 0 aliphatic carbocycles. The second-order valence-electron chi connectivity index (χ2n) is 3.76. The molecule has 1 heterocycles. The summed E-state index contributed by atoms with van der Waals surface area (Å²) in [6.07, 6.45) is 1.73. The molecule has 1 aromatic heterocycles. The maximum absolute atomic E-state index is 12.1. The van der Waals surface area contributed by atoms with Crippen LogP contribution in [0.1, 0.15) is 18.0 Å². The molecule has 1 unspecified atom stereocenters. The minimum atomic E-state index is -2.88. The normalized spacial score (nSPS) is 12.5. The van der Waals surface area contributed by atoms with Crippen molar-refractivity contribution in [2.45, 2.75) is 19.6 Å². The minimum Gasteiger partial charge on any atom is -0.433 e. The van der Waals surface area contributed by atoms with Gasteiger partial charge < -0.3 is 10.1 Å². The molecule has 0 radical (unpaired) electrons. The first kappa shape index (κ1) is 14.0. The number of hydrogen-bond acceptors (Lipinski definition) is 4. The topological polar surface area (TPSA) is 34.1 Å². The lowest BCUT2D eigenvalue weighted by Crippen LogP contribution is -2.07. The predicted molar refractivity (Wildman–Crippen MR) is 72.2 cm³/mol. The van der Waals surface area contributed by atoms with Gasteiger partial charge in [0.05, 0.1) is 11.1 Å². The zero-order valence-corrected chi connectivity index (χ0v) is 11.5. The Labute approximate surface area is 118 Å². The van der Waals surface area contributed by atoms with E-state index in [2.05, 4.69) is 15.0 Å². The number of ether oxygens (including phenoxy) is 1.